The Morgan fingerprint density at radius 1 is 1.11 bits per heavy atom. The van der Waals surface area contributed by atoms with Crippen LogP contribution in [0.4, 0.5) is 11.4 Å². The van der Waals surface area contributed by atoms with Gasteiger partial charge in [-0.1, -0.05) is 12.1 Å². The number of ether oxygens (including phenoxy) is 2. The van der Waals surface area contributed by atoms with Gasteiger partial charge in [0.1, 0.15) is 0 Å². The van der Waals surface area contributed by atoms with Crippen LogP contribution in [0.15, 0.2) is 55.0 Å². The highest BCUT2D eigenvalue weighted by Crippen LogP contribution is 2.51. The van der Waals surface area contributed by atoms with Gasteiger partial charge < -0.3 is 14.8 Å². The number of aromatic nitrogens is 3. The van der Waals surface area contributed by atoms with Gasteiger partial charge in [0, 0.05) is 17.4 Å². The SMILES string of the molecule is CCOc1cncc(-c2ccc(NC(=O)C3(c4cc(NS(=O)(=O)C5CC5)ccn4)CC4OC4C3)cc2)n1. The first-order valence-corrected chi connectivity index (χ1v) is 13.9. The molecule has 3 heterocycles. The lowest BCUT2D eigenvalue weighted by Crippen LogP contribution is -2.40. The highest BCUT2D eigenvalue weighted by Gasteiger charge is 2.60. The molecule has 11 heteroatoms. The van der Waals surface area contributed by atoms with Crippen molar-refractivity contribution in [2.24, 2.45) is 0 Å². The minimum atomic E-state index is -3.42. The Hall–Kier alpha value is -3.57. The van der Waals surface area contributed by atoms with Crippen LogP contribution in [0.5, 0.6) is 5.88 Å². The molecular weight excluding hydrogens is 494 g/mol. The van der Waals surface area contributed by atoms with Crippen molar-refractivity contribution in [1.29, 1.82) is 0 Å². The van der Waals surface area contributed by atoms with Gasteiger partial charge in [0.05, 0.1) is 58.9 Å². The third-order valence-electron chi connectivity index (χ3n) is 7.04. The molecule has 192 valence electrons. The predicted molar refractivity (Wildman–Crippen MR) is 137 cm³/mol. The first-order chi connectivity index (χ1) is 17.9. The summed E-state index contributed by atoms with van der Waals surface area (Å²) >= 11 is 0. The molecule has 6 rings (SSSR count). The number of fused-ring (bicyclic) bond motifs is 1. The second-order valence-corrected chi connectivity index (χ2v) is 11.6. The highest BCUT2D eigenvalue weighted by atomic mass is 32.2. The molecule has 2 N–H and O–H groups in total. The van der Waals surface area contributed by atoms with E-state index in [2.05, 4.69) is 25.0 Å². The second kappa shape index (κ2) is 9.07. The third kappa shape index (κ3) is 4.76. The molecule has 0 spiro atoms. The molecule has 3 fully saturated rings. The van der Waals surface area contributed by atoms with Crippen molar-refractivity contribution in [3.63, 3.8) is 0 Å². The molecule has 3 aliphatic rings. The Kier molecular flexibility index (Phi) is 5.84. The number of epoxide rings is 1. The molecule has 1 aromatic carbocycles. The number of pyridine rings is 1. The zero-order valence-corrected chi connectivity index (χ0v) is 21.1. The van der Waals surface area contributed by atoms with Gasteiger partial charge in [-0.15, -0.1) is 0 Å². The third-order valence-corrected chi connectivity index (χ3v) is 8.91. The van der Waals surface area contributed by atoms with Crippen molar-refractivity contribution < 1.29 is 22.7 Å². The van der Waals surface area contributed by atoms with Gasteiger partial charge in [0.25, 0.3) is 0 Å². The van der Waals surface area contributed by atoms with Crippen molar-refractivity contribution in [3.05, 3.63) is 60.7 Å². The van der Waals surface area contributed by atoms with Crippen molar-refractivity contribution in [2.75, 3.05) is 16.6 Å². The number of carbonyl (C=O) groups excluding carboxylic acids is 1. The topological polar surface area (TPSA) is 136 Å². The molecule has 0 bridgehead atoms. The molecule has 2 atom stereocenters. The standard InChI is InChI=1S/C26H27N5O5S/c1-2-35-24-15-27-14-20(30-24)16-3-5-17(6-4-16)29-25(32)26(12-21-22(13-26)36-21)23-11-18(9-10-28-23)31-37(33,34)19-7-8-19/h3-6,9-11,14-15,19,21-22H,2,7-8,12-13H2,1H3,(H,28,31)(H,29,32). The highest BCUT2D eigenvalue weighted by molar-refractivity contribution is 7.93. The predicted octanol–water partition coefficient (Wildman–Crippen LogP) is 3.28. The molecular formula is C26H27N5O5S. The number of nitrogens with zero attached hydrogens (tertiary/aromatic N) is 3. The number of benzene rings is 1. The van der Waals surface area contributed by atoms with Crippen molar-refractivity contribution in [3.8, 4) is 17.1 Å². The summed E-state index contributed by atoms with van der Waals surface area (Å²) in [4.78, 5) is 26.8. The lowest BCUT2D eigenvalue weighted by Gasteiger charge is -2.29. The molecule has 2 aromatic heterocycles. The molecule has 37 heavy (non-hydrogen) atoms. The number of rotatable bonds is 9. The Labute approximate surface area is 214 Å². The second-order valence-electron chi connectivity index (χ2n) is 9.69. The number of carbonyl (C=O) groups is 1. The van der Waals surface area contributed by atoms with E-state index in [1.165, 1.54) is 0 Å². The maximum atomic E-state index is 13.7. The van der Waals surface area contributed by atoms with Gasteiger partial charge in [-0.2, -0.15) is 0 Å². The Morgan fingerprint density at radius 2 is 1.86 bits per heavy atom. The van der Waals surface area contributed by atoms with E-state index in [0.29, 0.717) is 60.9 Å². The molecule has 1 aliphatic heterocycles. The maximum absolute atomic E-state index is 13.7. The van der Waals surface area contributed by atoms with Gasteiger partial charge in [0.15, 0.2) is 0 Å². The summed E-state index contributed by atoms with van der Waals surface area (Å²) in [6.07, 6.45) is 7.12. The van der Waals surface area contributed by atoms with E-state index in [1.54, 1.807) is 30.7 Å². The number of nitrogens with one attached hydrogen (secondary N) is 2. The molecule has 2 saturated carbocycles. The quantitative estimate of drug-likeness (QED) is 0.410. The zero-order chi connectivity index (χ0) is 25.6. The van der Waals surface area contributed by atoms with E-state index >= 15 is 0 Å². The number of amides is 1. The van der Waals surface area contributed by atoms with E-state index in [0.717, 1.165) is 5.56 Å². The fourth-order valence-corrected chi connectivity index (χ4v) is 6.26. The summed E-state index contributed by atoms with van der Waals surface area (Å²) in [6.45, 7) is 2.39. The number of hydrogen-bond acceptors (Lipinski definition) is 8. The number of hydrogen-bond donors (Lipinski definition) is 2. The summed E-state index contributed by atoms with van der Waals surface area (Å²) in [5.41, 5.74) is 2.19. The maximum Gasteiger partial charge on any atom is 0.236 e. The average molecular weight is 522 g/mol. The first kappa shape index (κ1) is 23.8. The normalized spacial score (nSPS) is 24.2. The summed E-state index contributed by atoms with van der Waals surface area (Å²) in [6, 6.07) is 10.7. The molecule has 2 unspecified atom stereocenters. The summed E-state index contributed by atoms with van der Waals surface area (Å²) in [5.74, 6) is 0.263. The Balaban J connectivity index is 1.22. The van der Waals surface area contributed by atoms with Gasteiger partial charge in [-0.05, 0) is 56.9 Å². The first-order valence-electron chi connectivity index (χ1n) is 12.4. The molecule has 1 amide bonds. The van der Waals surface area contributed by atoms with Crippen LogP contribution in [-0.4, -0.2) is 53.3 Å². The van der Waals surface area contributed by atoms with E-state index in [1.807, 2.05) is 31.2 Å². The van der Waals surface area contributed by atoms with E-state index < -0.39 is 15.4 Å². The smallest absolute Gasteiger partial charge is 0.236 e. The van der Waals surface area contributed by atoms with Crippen LogP contribution in [0.2, 0.25) is 0 Å². The molecule has 10 nitrogen and oxygen atoms in total. The van der Waals surface area contributed by atoms with Gasteiger partial charge >= 0.3 is 0 Å². The van der Waals surface area contributed by atoms with Crippen LogP contribution in [0.1, 0.15) is 38.3 Å². The number of sulfonamides is 1. The van der Waals surface area contributed by atoms with Crippen LogP contribution in [0.3, 0.4) is 0 Å². The minimum Gasteiger partial charge on any atom is -0.477 e. The van der Waals surface area contributed by atoms with Crippen molar-refractivity contribution in [1.82, 2.24) is 15.0 Å². The number of anilines is 2. The van der Waals surface area contributed by atoms with Crippen LogP contribution in [-0.2, 0) is 25.0 Å². The van der Waals surface area contributed by atoms with E-state index in [9.17, 15) is 13.2 Å². The van der Waals surface area contributed by atoms with Gasteiger partial charge in [-0.25, -0.2) is 13.4 Å². The molecule has 3 aromatic rings. The molecule has 1 saturated heterocycles. The minimum absolute atomic E-state index is 0.0120. The van der Waals surface area contributed by atoms with Crippen LogP contribution < -0.4 is 14.8 Å². The van der Waals surface area contributed by atoms with Crippen LogP contribution in [0, 0.1) is 0 Å². The van der Waals surface area contributed by atoms with Crippen LogP contribution >= 0.6 is 0 Å². The lowest BCUT2D eigenvalue weighted by molar-refractivity contribution is -0.122. The molecule has 0 radical (unpaired) electrons. The van der Waals surface area contributed by atoms with Crippen LogP contribution in [0.25, 0.3) is 11.3 Å². The monoisotopic (exact) mass is 521 g/mol. The van der Waals surface area contributed by atoms with Crippen molar-refractivity contribution >= 4 is 27.3 Å². The summed E-state index contributed by atoms with van der Waals surface area (Å²) in [5, 5.41) is 2.69. The van der Waals surface area contributed by atoms with E-state index in [4.69, 9.17) is 9.47 Å². The van der Waals surface area contributed by atoms with E-state index in [-0.39, 0.29) is 23.4 Å². The summed E-state index contributed by atoms with van der Waals surface area (Å²) < 4.78 is 38.6. The zero-order valence-electron chi connectivity index (χ0n) is 20.3. The Bertz CT molecular complexity index is 1430. The average Bonchev–Trinajstić information content (AvgIpc) is 3.83. The van der Waals surface area contributed by atoms with Gasteiger partial charge in [0.2, 0.25) is 21.8 Å². The lowest BCUT2D eigenvalue weighted by atomic mass is 9.80. The molecule has 2 aliphatic carbocycles. The van der Waals surface area contributed by atoms with Gasteiger partial charge in [-0.3, -0.25) is 19.5 Å². The Morgan fingerprint density at radius 3 is 2.57 bits per heavy atom. The summed E-state index contributed by atoms with van der Waals surface area (Å²) in [7, 11) is -3.42. The fraction of sp³-hybridized carbons (Fsp3) is 0.385. The fourth-order valence-electron chi connectivity index (χ4n) is 4.88. The largest absolute Gasteiger partial charge is 0.477 e. The van der Waals surface area contributed by atoms with Crippen molar-refractivity contribution in [2.45, 2.75) is 55.5 Å².